The molecule has 0 aromatic heterocycles. The van der Waals surface area contributed by atoms with E-state index in [0.717, 1.165) is 8.47 Å². The Morgan fingerprint density at radius 3 is 2.04 bits per heavy atom. The summed E-state index contributed by atoms with van der Waals surface area (Å²) >= 11 is 2.19. The Bertz CT molecular complexity index is 827. The van der Waals surface area contributed by atoms with Gasteiger partial charge in [0.1, 0.15) is 6.04 Å². The third-order valence-corrected chi connectivity index (χ3v) is 4.97. The summed E-state index contributed by atoms with van der Waals surface area (Å²) in [5, 5.41) is 2.83. The van der Waals surface area contributed by atoms with Gasteiger partial charge in [-0.1, -0.05) is 26.0 Å². The van der Waals surface area contributed by atoms with Crippen LogP contribution in [0.4, 0.5) is 5.69 Å². The second kappa shape index (κ2) is 7.57. The first-order valence-corrected chi connectivity index (χ1v) is 9.49. The van der Waals surface area contributed by atoms with E-state index < -0.39 is 17.9 Å². The average molecular weight is 462 g/mol. The lowest BCUT2D eigenvalue weighted by molar-refractivity contribution is -0.120. The lowest BCUT2D eigenvalue weighted by Gasteiger charge is -2.26. The number of nitrogens with zero attached hydrogens (tertiary/aromatic N) is 1. The first kappa shape index (κ1) is 18.6. The van der Waals surface area contributed by atoms with Gasteiger partial charge in [-0.15, -0.1) is 0 Å². The van der Waals surface area contributed by atoms with Crippen LogP contribution in [0.2, 0.25) is 0 Å². The van der Waals surface area contributed by atoms with Crippen molar-refractivity contribution < 1.29 is 14.4 Å². The number of amides is 3. The molecule has 0 saturated heterocycles. The van der Waals surface area contributed by atoms with Crippen LogP contribution >= 0.6 is 22.6 Å². The van der Waals surface area contributed by atoms with E-state index in [2.05, 4.69) is 27.9 Å². The zero-order valence-corrected chi connectivity index (χ0v) is 16.7. The minimum Gasteiger partial charge on any atom is -0.324 e. The molecule has 0 saturated carbocycles. The van der Waals surface area contributed by atoms with Crippen molar-refractivity contribution in [3.05, 3.63) is 63.2 Å². The number of imide groups is 1. The molecular formula is C20H19IN2O3. The average Bonchev–Trinajstić information content (AvgIpc) is 2.86. The van der Waals surface area contributed by atoms with Crippen LogP contribution in [0.25, 0.3) is 0 Å². The van der Waals surface area contributed by atoms with E-state index in [-0.39, 0.29) is 11.8 Å². The van der Waals surface area contributed by atoms with Crippen molar-refractivity contribution >= 4 is 46.0 Å². The predicted octanol–water partition coefficient (Wildman–Crippen LogP) is 3.94. The first-order valence-electron chi connectivity index (χ1n) is 8.42. The number of nitrogens with one attached hydrogen (secondary N) is 1. The van der Waals surface area contributed by atoms with Gasteiger partial charge in [0.2, 0.25) is 5.91 Å². The number of fused-ring (bicyclic) bond motifs is 1. The second-order valence-electron chi connectivity index (χ2n) is 6.67. The zero-order chi connectivity index (χ0) is 18.8. The Morgan fingerprint density at radius 2 is 1.54 bits per heavy atom. The van der Waals surface area contributed by atoms with Crippen molar-refractivity contribution in [3.8, 4) is 0 Å². The van der Waals surface area contributed by atoms with Gasteiger partial charge < -0.3 is 5.32 Å². The minimum atomic E-state index is -0.846. The molecule has 1 unspecified atom stereocenters. The van der Waals surface area contributed by atoms with Gasteiger partial charge in [0.15, 0.2) is 0 Å². The topological polar surface area (TPSA) is 66.5 Å². The van der Waals surface area contributed by atoms with E-state index in [9.17, 15) is 14.4 Å². The highest BCUT2D eigenvalue weighted by Gasteiger charge is 2.42. The summed E-state index contributed by atoms with van der Waals surface area (Å²) < 4.78 is 1.06. The maximum atomic E-state index is 12.9. The third-order valence-electron chi connectivity index (χ3n) is 4.25. The molecule has 6 heteroatoms. The van der Waals surface area contributed by atoms with Crippen LogP contribution in [0, 0.1) is 9.49 Å². The molecule has 0 bridgehead atoms. The molecule has 26 heavy (non-hydrogen) atoms. The fraction of sp³-hybridized carbons (Fsp3) is 0.250. The van der Waals surface area contributed by atoms with Crippen molar-refractivity contribution in [2.75, 3.05) is 5.32 Å². The Hall–Kier alpha value is -2.22. The molecule has 1 atom stereocenters. The van der Waals surface area contributed by atoms with Crippen molar-refractivity contribution in [1.82, 2.24) is 4.90 Å². The third kappa shape index (κ3) is 3.65. The summed E-state index contributed by atoms with van der Waals surface area (Å²) in [5.74, 6) is -1.02. The van der Waals surface area contributed by atoms with Crippen LogP contribution in [0.3, 0.4) is 0 Å². The van der Waals surface area contributed by atoms with Crippen LogP contribution in [0.15, 0.2) is 48.5 Å². The Morgan fingerprint density at radius 1 is 1.00 bits per heavy atom. The van der Waals surface area contributed by atoms with E-state index in [4.69, 9.17) is 0 Å². The smallest absolute Gasteiger partial charge is 0.262 e. The quantitative estimate of drug-likeness (QED) is 0.541. The number of halogens is 1. The normalized spacial score (nSPS) is 14.5. The molecule has 3 amide bonds. The molecule has 134 valence electrons. The molecule has 2 aromatic carbocycles. The van der Waals surface area contributed by atoms with E-state index in [1.165, 1.54) is 0 Å². The van der Waals surface area contributed by atoms with Gasteiger partial charge in [0.05, 0.1) is 11.1 Å². The summed E-state index contributed by atoms with van der Waals surface area (Å²) in [5.41, 5.74) is 1.35. The van der Waals surface area contributed by atoms with Crippen molar-refractivity contribution in [1.29, 1.82) is 0 Å². The minimum absolute atomic E-state index is 0.145. The highest BCUT2D eigenvalue weighted by molar-refractivity contribution is 14.1. The van der Waals surface area contributed by atoms with Gasteiger partial charge in [0, 0.05) is 9.26 Å². The molecule has 3 rings (SSSR count). The monoisotopic (exact) mass is 462 g/mol. The number of hydrogen-bond donors (Lipinski definition) is 1. The van der Waals surface area contributed by atoms with E-state index in [1.54, 1.807) is 36.4 Å². The molecule has 5 nitrogen and oxygen atoms in total. The fourth-order valence-electron chi connectivity index (χ4n) is 3.03. The molecule has 1 heterocycles. The number of carbonyl (C=O) groups is 3. The van der Waals surface area contributed by atoms with E-state index in [0.29, 0.717) is 23.2 Å². The molecule has 1 aliphatic heterocycles. The Labute approximate surface area is 165 Å². The van der Waals surface area contributed by atoms with E-state index >= 15 is 0 Å². The molecule has 1 N–H and O–H groups in total. The van der Waals surface area contributed by atoms with Crippen LogP contribution < -0.4 is 5.32 Å². The maximum Gasteiger partial charge on any atom is 0.262 e. The molecule has 0 fully saturated rings. The molecule has 1 aliphatic rings. The Balaban J connectivity index is 1.89. The van der Waals surface area contributed by atoms with Crippen LogP contribution in [-0.2, 0) is 4.79 Å². The predicted molar refractivity (Wildman–Crippen MR) is 108 cm³/mol. The van der Waals surface area contributed by atoms with Crippen molar-refractivity contribution in [3.63, 3.8) is 0 Å². The van der Waals surface area contributed by atoms with Gasteiger partial charge in [-0.2, -0.15) is 0 Å². The van der Waals surface area contributed by atoms with Crippen LogP contribution in [-0.4, -0.2) is 28.7 Å². The SMILES string of the molecule is CC(C)CC(C(=O)Nc1ccc(I)cc1)N1C(=O)c2ccccc2C1=O. The number of carbonyl (C=O) groups excluding carboxylic acids is 3. The van der Waals surface area contributed by atoms with Gasteiger partial charge in [-0.25, -0.2) is 0 Å². The number of anilines is 1. The second-order valence-corrected chi connectivity index (χ2v) is 7.91. The highest BCUT2D eigenvalue weighted by atomic mass is 127. The summed E-state index contributed by atoms with van der Waals surface area (Å²) in [6.45, 7) is 3.92. The molecular weight excluding hydrogens is 443 g/mol. The maximum absolute atomic E-state index is 12.9. The fourth-order valence-corrected chi connectivity index (χ4v) is 3.39. The molecule has 2 aromatic rings. The molecule has 0 spiro atoms. The molecule has 0 radical (unpaired) electrons. The van der Waals surface area contributed by atoms with Crippen molar-refractivity contribution in [2.45, 2.75) is 26.3 Å². The lowest BCUT2D eigenvalue weighted by Crippen LogP contribution is -2.47. The number of hydrogen-bond acceptors (Lipinski definition) is 3. The summed E-state index contributed by atoms with van der Waals surface area (Å²) in [6.07, 6.45) is 0.404. The summed E-state index contributed by atoms with van der Waals surface area (Å²) in [6, 6.07) is 13.2. The van der Waals surface area contributed by atoms with Crippen molar-refractivity contribution in [2.24, 2.45) is 5.92 Å². The summed E-state index contributed by atoms with van der Waals surface area (Å²) in [4.78, 5) is 39.5. The first-order chi connectivity index (χ1) is 12.4. The number of rotatable bonds is 5. The zero-order valence-electron chi connectivity index (χ0n) is 14.5. The van der Waals surface area contributed by atoms with Gasteiger partial charge in [0.25, 0.3) is 11.8 Å². The molecule has 0 aliphatic carbocycles. The largest absolute Gasteiger partial charge is 0.324 e. The standard InChI is InChI=1S/C20H19IN2O3/c1-12(2)11-17(18(24)22-14-9-7-13(21)8-10-14)23-19(25)15-5-3-4-6-16(15)20(23)26/h3-10,12,17H,11H2,1-2H3,(H,22,24). The van der Waals surface area contributed by atoms with Gasteiger partial charge in [-0.05, 0) is 71.3 Å². The van der Waals surface area contributed by atoms with Gasteiger partial charge in [-0.3, -0.25) is 19.3 Å². The Kier molecular flexibility index (Phi) is 5.41. The number of benzene rings is 2. The highest BCUT2D eigenvalue weighted by Crippen LogP contribution is 2.27. The van der Waals surface area contributed by atoms with Gasteiger partial charge >= 0.3 is 0 Å². The van der Waals surface area contributed by atoms with E-state index in [1.807, 2.05) is 26.0 Å². The summed E-state index contributed by atoms with van der Waals surface area (Å²) in [7, 11) is 0. The van der Waals surface area contributed by atoms with Crippen LogP contribution in [0.5, 0.6) is 0 Å². The van der Waals surface area contributed by atoms with Crippen LogP contribution in [0.1, 0.15) is 41.0 Å². The lowest BCUT2D eigenvalue weighted by atomic mass is 10.0.